The van der Waals surface area contributed by atoms with Crippen LogP contribution in [0.5, 0.6) is 0 Å². The average Bonchev–Trinajstić information content (AvgIpc) is 2.95. The normalized spacial score (nSPS) is 18.5. The molecule has 0 bridgehead atoms. The van der Waals surface area contributed by atoms with Gasteiger partial charge in [0.25, 0.3) is 0 Å². The third-order valence-electron chi connectivity index (χ3n) is 3.94. The molecule has 4 nitrogen and oxygen atoms in total. The Morgan fingerprint density at radius 1 is 1.53 bits per heavy atom. The standard InChI is InChI=1S/C13H21N3O/c1-16-9-11(8-15-16)4-5-12(17)13(10-14)6-2-3-7-13/h8-9H,2-7,10,14H2,1H3. The minimum Gasteiger partial charge on any atom is -0.329 e. The fourth-order valence-electron chi connectivity index (χ4n) is 2.77. The highest BCUT2D eigenvalue weighted by molar-refractivity contribution is 5.85. The van der Waals surface area contributed by atoms with E-state index in [9.17, 15) is 4.79 Å². The van der Waals surface area contributed by atoms with Crippen molar-refractivity contribution >= 4 is 5.78 Å². The van der Waals surface area contributed by atoms with E-state index >= 15 is 0 Å². The van der Waals surface area contributed by atoms with E-state index in [1.54, 1.807) is 4.68 Å². The zero-order valence-electron chi connectivity index (χ0n) is 10.5. The van der Waals surface area contributed by atoms with Gasteiger partial charge in [-0.25, -0.2) is 0 Å². The maximum absolute atomic E-state index is 12.3. The monoisotopic (exact) mass is 235 g/mol. The molecule has 1 aliphatic rings. The SMILES string of the molecule is Cn1cc(CCC(=O)C2(CN)CCCC2)cn1. The molecule has 1 saturated carbocycles. The van der Waals surface area contributed by atoms with Gasteiger partial charge in [0, 0.05) is 31.6 Å². The molecule has 1 aliphatic carbocycles. The van der Waals surface area contributed by atoms with Crippen LogP contribution in [0.25, 0.3) is 0 Å². The van der Waals surface area contributed by atoms with Crippen molar-refractivity contribution in [2.24, 2.45) is 18.2 Å². The van der Waals surface area contributed by atoms with Gasteiger partial charge in [-0.3, -0.25) is 9.48 Å². The maximum Gasteiger partial charge on any atom is 0.140 e. The van der Waals surface area contributed by atoms with Gasteiger partial charge in [0.1, 0.15) is 5.78 Å². The number of carbonyl (C=O) groups excluding carboxylic acids is 1. The van der Waals surface area contributed by atoms with Crippen LogP contribution in [0.15, 0.2) is 12.4 Å². The first-order valence-corrected chi connectivity index (χ1v) is 6.37. The summed E-state index contributed by atoms with van der Waals surface area (Å²) in [7, 11) is 1.89. The van der Waals surface area contributed by atoms with Crippen molar-refractivity contribution in [2.75, 3.05) is 6.54 Å². The first kappa shape index (κ1) is 12.3. The summed E-state index contributed by atoms with van der Waals surface area (Å²) in [5.41, 5.74) is 6.73. The van der Waals surface area contributed by atoms with Crippen LogP contribution in [0.4, 0.5) is 0 Å². The lowest BCUT2D eigenvalue weighted by Gasteiger charge is -2.25. The molecule has 94 valence electrons. The van der Waals surface area contributed by atoms with E-state index in [-0.39, 0.29) is 5.41 Å². The molecule has 1 heterocycles. The summed E-state index contributed by atoms with van der Waals surface area (Å²) in [4.78, 5) is 12.3. The van der Waals surface area contributed by atoms with Gasteiger partial charge in [0.05, 0.1) is 6.20 Å². The van der Waals surface area contributed by atoms with Gasteiger partial charge in [-0.2, -0.15) is 5.10 Å². The predicted octanol–water partition coefficient (Wildman–Crippen LogP) is 1.44. The van der Waals surface area contributed by atoms with Crippen molar-refractivity contribution in [1.29, 1.82) is 0 Å². The van der Waals surface area contributed by atoms with Crippen LogP contribution >= 0.6 is 0 Å². The van der Waals surface area contributed by atoms with Crippen LogP contribution in [0.2, 0.25) is 0 Å². The molecule has 0 aromatic carbocycles. The Kier molecular flexibility index (Phi) is 3.62. The van der Waals surface area contributed by atoms with Gasteiger partial charge in [-0.15, -0.1) is 0 Å². The van der Waals surface area contributed by atoms with E-state index < -0.39 is 0 Å². The summed E-state index contributed by atoms with van der Waals surface area (Å²) >= 11 is 0. The molecule has 0 saturated heterocycles. The average molecular weight is 235 g/mol. The van der Waals surface area contributed by atoms with Crippen LogP contribution in [-0.4, -0.2) is 22.1 Å². The second-order valence-corrected chi connectivity index (χ2v) is 5.14. The van der Waals surface area contributed by atoms with Gasteiger partial charge in [-0.1, -0.05) is 12.8 Å². The Balaban J connectivity index is 1.92. The van der Waals surface area contributed by atoms with Crippen LogP contribution in [-0.2, 0) is 18.3 Å². The van der Waals surface area contributed by atoms with E-state index in [2.05, 4.69) is 5.10 Å². The first-order valence-electron chi connectivity index (χ1n) is 6.37. The molecule has 2 rings (SSSR count). The maximum atomic E-state index is 12.3. The topological polar surface area (TPSA) is 60.9 Å². The molecule has 4 heteroatoms. The molecule has 17 heavy (non-hydrogen) atoms. The van der Waals surface area contributed by atoms with Crippen LogP contribution in [0.1, 0.15) is 37.7 Å². The Hall–Kier alpha value is -1.16. The molecule has 1 aromatic heterocycles. The van der Waals surface area contributed by atoms with Crippen LogP contribution in [0, 0.1) is 5.41 Å². The third kappa shape index (κ3) is 2.57. The Labute approximate surface area is 102 Å². The number of Topliss-reactive ketones (excluding diaryl/α,β-unsaturated/α-hetero) is 1. The first-order chi connectivity index (χ1) is 8.16. The summed E-state index contributed by atoms with van der Waals surface area (Å²) in [5, 5.41) is 4.11. The van der Waals surface area contributed by atoms with Crippen molar-refractivity contribution < 1.29 is 4.79 Å². The number of aromatic nitrogens is 2. The fourth-order valence-corrected chi connectivity index (χ4v) is 2.77. The van der Waals surface area contributed by atoms with Crippen molar-refractivity contribution in [1.82, 2.24) is 9.78 Å². The number of ketones is 1. The van der Waals surface area contributed by atoms with E-state index in [1.165, 1.54) is 0 Å². The van der Waals surface area contributed by atoms with Crippen molar-refractivity contribution in [3.05, 3.63) is 18.0 Å². The predicted molar refractivity (Wildman–Crippen MR) is 66.5 cm³/mol. The summed E-state index contributed by atoms with van der Waals surface area (Å²) < 4.78 is 1.77. The number of nitrogens with two attached hydrogens (primary N) is 1. The zero-order valence-corrected chi connectivity index (χ0v) is 10.5. The largest absolute Gasteiger partial charge is 0.329 e. The van der Waals surface area contributed by atoms with Crippen molar-refractivity contribution in [3.8, 4) is 0 Å². The molecule has 0 aliphatic heterocycles. The lowest BCUT2D eigenvalue weighted by atomic mass is 9.79. The Morgan fingerprint density at radius 3 is 2.76 bits per heavy atom. The zero-order chi connectivity index (χ0) is 12.3. The van der Waals surface area contributed by atoms with Gasteiger partial charge < -0.3 is 5.73 Å². The van der Waals surface area contributed by atoms with Crippen LogP contribution < -0.4 is 5.73 Å². The minimum atomic E-state index is -0.206. The summed E-state index contributed by atoms with van der Waals surface area (Å²) in [6, 6.07) is 0. The molecule has 0 atom stereocenters. The molecule has 0 radical (unpaired) electrons. The molecular formula is C13H21N3O. The van der Waals surface area contributed by atoms with E-state index in [1.807, 2.05) is 19.4 Å². The molecule has 2 N–H and O–H groups in total. The molecular weight excluding hydrogens is 214 g/mol. The molecule has 0 unspecified atom stereocenters. The highest BCUT2D eigenvalue weighted by atomic mass is 16.1. The smallest absolute Gasteiger partial charge is 0.140 e. The molecule has 0 spiro atoms. The van der Waals surface area contributed by atoms with Crippen molar-refractivity contribution in [2.45, 2.75) is 38.5 Å². The number of rotatable bonds is 5. The number of carbonyl (C=O) groups is 1. The summed E-state index contributed by atoms with van der Waals surface area (Å²) in [6.45, 7) is 0.513. The van der Waals surface area contributed by atoms with Gasteiger partial charge in [-0.05, 0) is 24.8 Å². The highest BCUT2D eigenvalue weighted by Gasteiger charge is 2.38. The van der Waals surface area contributed by atoms with Crippen LogP contribution in [0.3, 0.4) is 0 Å². The quantitative estimate of drug-likeness (QED) is 0.840. The Bertz CT molecular complexity index is 391. The Morgan fingerprint density at radius 2 is 2.24 bits per heavy atom. The molecule has 1 aromatic rings. The van der Waals surface area contributed by atoms with Gasteiger partial charge in [0.2, 0.25) is 0 Å². The van der Waals surface area contributed by atoms with E-state index in [4.69, 9.17) is 5.73 Å². The van der Waals surface area contributed by atoms with E-state index in [0.29, 0.717) is 18.7 Å². The van der Waals surface area contributed by atoms with E-state index in [0.717, 1.165) is 37.7 Å². The highest BCUT2D eigenvalue weighted by Crippen LogP contribution is 2.38. The van der Waals surface area contributed by atoms with Gasteiger partial charge >= 0.3 is 0 Å². The fraction of sp³-hybridized carbons (Fsp3) is 0.692. The second kappa shape index (κ2) is 5.00. The summed E-state index contributed by atoms with van der Waals surface area (Å²) in [5.74, 6) is 0.348. The number of aryl methyl sites for hydroxylation is 2. The minimum absolute atomic E-state index is 0.206. The summed E-state index contributed by atoms with van der Waals surface area (Å²) in [6.07, 6.45) is 9.45. The number of hydrogen-bond acceptors (Lipinski definition) is 3. The van der Waals surface area contributed by atoms with Gasteiger partial charge in [0.15, 0.2) is 0 Å². The number of hydrogen-bond donors (Lipinski definition) is 1. The molecule has 0 amide bonds. The molecule has 1 fully saturated rings. The second-order valence-electron chi connectivity index (χ2n) is 5.14. The third-order valence-corrected chi connectivity index (χ3v) is 3.94. The van der Waals surface area contributed by atoms with Crippen molar-refractivity contribution in [3.63, 3.8) is 0 Å². The lowest BCUT2D eigenvalue weighted by molar-refractivity contribution is -0.128. The lowest BCUT2D eigenvalue weighted by Crippen LogP contribution is -2.36. The number of nitrogens with zero attached hydrogens (tertiary/aromatic N) is 2.